The molecule has 0 saturated heterocycles. The molecule has 1 aliphatic rings. The lowest BCUT2D eigenvalue weighted by atomic mass is 10.4. The molecule has 0 saturated carbocycles. The first-order valence-electron chi connectivity index (χ1n) is 3.89. The maximum absolute atomic E-state index is 5.54. The van der Waals surface area contributed by atoms with Crippen molar-refractivity contribution in [1.29, 1.82) is 0 Å². The average Bonchev–Trinajstić information content (AvgIpc) is 2.06. The fourth-order valence-corrected chi connectivity index (χ4v) is 0.829. The van der Waals surface area contributed by atoms with Gasteiger partial charge in [-0.05, 0) is 6.92 Å². The normalized spacial score (nSPS) is 29.1. The maximum atomic E-state index is 5.54. The van der Waals surface area contributed by atoms with Crippen molar-refractivity contribution in [3.05, 3.63) is 12.4 Å². The molecule has 0 unspecified atom stereocenters. The Balaban J connectivity index is 2.96. The van der Waals surface area contributed by atoms with E-state index in [9.17, 15) is 0 Å². The van der Waals surface area contributed by atoms with E-state index in [0.29, 0.717) is 12.4 Å². The van der Waals surface area contributed by atoms with Gasteiger partial charge in [0, 0.05) is 12.8 Å². The van der Waals surface area contributed by atoms with Crippen LogP contribution in [0.3, 0.4) is 0 Å². The Labute approximate surface area is 77.4 Å². The van der Waals surface area contributed by atoms with Gasteiger partial charge in [0.05, 0.1) is 12.9 Å². The first-order chi connectivity index (χ1) is 6.09. The smallest absolute Gasteiger partial charge is 0.221 e. The molecule has 0 radical (unpaired) electrons. The maximum Gasteiger partial charge on any atom is 0.221 e. The van der Waals surface area contributed by atoms with E-state index < -0.39 is 0 Å². The number of nitrogens with zero attached hydrogens (tertiary/aromatic N) is 4. The predicted octanol–water partition coefficient (Wildman–Crippen LogP) is 0.207. The molecular weight excluding hydrogens is 166 g/mol. The lowest BCUT2D eigenvalue weighted by molar-refractivity contribution is 0.638. The molecule has 1 rings (SSSR count). The minimum absolute atomic E-state index is 0.222. The molecule has 13 heavy (non-hydrogen) atoms. The van der Waals surface area contributed by atoms with E-state index in [2.05, 4.69) is 21.6 Å². The van der Waals surface area contributed by atoms with Crippen LogP contribution >= 0.6 is 0 Å². The monoisotopic (exact) mass is 179 g/mol. The highest BCUT2D eigenvalue weighted by Gasteiger charge is 2.01. The Morgan fingerprint density at radius 1 is 1.54 bits per heavy atom. The molecule has 0 atom stereocenters. The summed E-state index contributed by atoms with van der Waals surface area (Å²) in [4.78, 5) is 13.8. The summed E-state index contributed by atoms with van der Waals surface area (Å²) in [7, 11) is 1.81. The fourth-order valence-electron chi connectivity index (χ4n) is 0.829. The minimum Gasteiger partial charge on any atom is -0.368 e. The van der Waals surface area contributed by atoms with Crippen molar-refractivity contribution in [3.63, 3.8) is 0 Å². The zero-order valence-corrected chi connectivity index (χ0v) is 7.86. The van der Waals surface area contributed by atoms with Crippen LogP contribution in [0.15, 0.2) is 27.4 Å². The molecule has 0 fully saturated rings. The molecule has 70 valence electrons. The van der Waals surface area contributed by atoms with Gasteiger partial charge >= 0.3 is 0 Å². The second-order valence-corrected chi connectivity index (χ2v) is 2.80. The first-order valence-corrected chi connectivity index (χ1v) is 3.89. The zero-order valence-electron chi connectivity index (χ0n) is 7.86. The summed E-state index contributed by atoms with van der Waals surface area (Å²) >= 11 is 0. The van der Waals surface area contributed by atoms with Gasteiger partial charge in [-0.2, -0.15) is 4.99 Å². The molecule has 1 heterocycles. The van der Waals surface area contributed by atoms with Gasteiger partial charge in [0.15, 0.2) is 0 Å². The Morgan fingerprint density at radius 3 is 2.92 bits per heavy atom. The molecule has 0 aromatic carbocycles. The van der Waals surface area contributed by atoms with Crippen molar-refractivity contribution < 1.29 is 0 Å². The van der Waals surface area contributed by atoms with Crippen LogP contribution in [0.1, 0.15) is 6.92 Å². The lowest BCUT2D eigenvalue weighted by Crippen LogP contribution is -2.16. The number of hydrogen-bond donors (Lipinski definition) is 1. The van der Waals surface area contributed by atoms with Crippen molar-refractivity contribution >= 4 is 18.0 Å². The van der Waals surface area contributed by atoms with Crippen LogP contribution in [0.25, 0.3) is 0 Å². The second kappa shape index (κ2) is 3.84. The molecule has 0 aromatic rings. The molecule has 0 aromatic heterocycles. The molecule has 5 nitrogen and oxygen atoms in total. The van der Waals surface area contributed by atoms with Crippen LogP contribution in [-0.2, 0) is 0 Å². The number of guanidine groups is 1. The third kappa shape index (κ3) is 2.70. The van der Waals surface area contributed by atoms with Gasteiger partial charge < -0.3 is 10.6 Å². The van der Waals surface area contributed by atoms with Crippen LogP contribution in [0.2, 0.25) is 0 Å². The van der Waals surface area contributed by atoms with Gasteiger partial charge in [-0.25, -0.2) is 4.99 Å². The molecule has 0 spiro atoms. The Hall–Kier alpha value is -1.65. The zero-order chi connectivity index (χ0) is 9.84. The Kier molecular flexibility index (Phi) is 2.79. The SMILES string of the molecule is C=C1/N=C(N)\N=C(\C)C/N=C\N1C. The van der Waals surface area contributed by atoms with E-state index in [0.717, 1.165) is 5.71 Å². The van der Waals surface area contributed by atoms with E-state index >= 15 is 0 Å². The van der Waals surface area contributed by atoms with Crippen molar-refractivity contribution in [2.24, 2.45) is 20.7 Å². The summed E-state index contributed by atoms with van der Waals surface area (Å²) in [5.74, 6) is 0.750. The topological polar surface area (TPSA) is 66.3 Å². The van der Waals surface area contributed by atoms with Crippen molar-refractivity contribution in [1.82, 2.24) is 4.90 Å². The molecule has 5 heteroatoms. The van der Waals surface area contributed by atoms with Crippen molar-refractivity contribution in [2.75, 3.05) is 13.6 Å². The van der Waals surface area contributed by atoms with Crippen LogP contribution in [0.4, 0.5) is 0 Å². The van der Waals surface area contributed by atoms with E-state index in [1.54, 1.807) is 11.2 Å². The third-order valence-electron chi connectivity index (χ3n) is 1.53. The lowest BCUT2D eigenvalue weighted by Gasteiger charge is -2.10. The van der Waals surface area contributed by atoms with Crippen LogP contribution in [-0.4, -0.2) is 36.5 Å². The highest BCUT2D eigenvalue weighted by molar-refractivity contribution is 5.97. The number of hydrogen-bond acceptors (Lipinski definition) is 5. The van der Waals surface area contributed by atoms with Gasteiger partial charge in [-0.3, -0.25) is 4.99 Å². The van der Waals surface area contributed by atoms with Crippen LogP contribution < -0.4 is 5.73 Å². The standard InChI is InChI=1S/C8H13N5/c1-6-4-10-5-13(3)7(2)12-8(9)11-6/h5H,2,4H2,1,3H3,(H2,9,12)/b10-5-,11-6-. The molecule has 0 aliphatic carbocycles. The van der Waals surface area contributed by atoms with Crippen LogP contribution in [0, 0.1) is 0 Å². The van der Waals surface area contributed by atoms with Crippen molar-refractivity contribution in [3.8, 4) is 0 Å². The molecular formula is C8H13N5. The number of nitrogens with two attached hydrogens (primary N) is 1. The fraction of sp³-hybridized carbons (Fsp3) is 0.375. The minimum atomic E-state index is 0.222. The van der Waals surface area contributed by atoms with Crippen molar-refractivity contribution in [2.45, 2.75) is 6.92 Å². The summed E-state index contributed by atoms with van der Waals surface area (Å²) < 4.78 is 0. The first kappa shape index (κ1) is 9.44. The van der Waals surface area contributed by atoms with E-state index in [1.165, 1.54) is 0 Å². The summed E-state index contributed by atoms with van der Waals surface area (Å²) in [6, 6.07) is 0. The number of aliphatic imine (C=N–C) groups is 3. The second-order valence-electron chi connectivity index (χ2n) is 2.80. The highest BCUT2D eigenvalue weighted by atomic mass is 15.2. The Bertz CT molecular complexity index is 300. The van der Waals surface area contributed by atoms with E-state index in [4.69, 9.17) is 5.73 Å². The van der Waals surface area contributed by atoms with E-state index in [-0.39, 0.29) is 5.96 Å². The number of rotatable bonds is 0. The quantitative estimate of drug-likeness (QED) is 0.577. The predicted molar refractivity (Wildman–Crippen MR) is 55.0 cm³/mol. The summed E-state index contributed by atoms with van der Waals surface area (Å²) in [6.45, 7) is 6.10. The van der Waals surface area contributed by atoms with Crippen LogP contribution in [0.5, 0.6) is 0 Å². The van der Waals surface area contributed by atoms with Gasteiger partial charge in [0.25, 0.3) is 0 Å². The average molecular weight is 179 g/mol. The molecule has 1 aliphatic heterocycles. The molecule has 0 amide bonds. The van der Waals surface area contributed by atoms with Gasteiger partial charge in [0.1, 0.15) is 5.82 Å². The summed E-state index contributed by atoms with van der Waals surface area (Å²) in [5.41, 5.74) is 6.37. The highest BCUT2D eigenvalue weighted by Crippen LogP contribution is 1.99. The summed E-state index contributed by atoms with van der Waals surface area (Å²) in [6.07, 6.45) is 1.66. The van der Waals surface area contributed by atoms with Gasteiger partial charge in [-0.15, -0.1) is 0 Å². The van der Waals surface area contributed by atoms with Gasteiger partial charge in [0.2, 0.25) is 5.96 Å². The largest absolute Gasteiger partial charge is 0.368 e. The molecule has 2 N–H and O–H groups in total. The summed E-state index contributed by atoms with van der Waals surface area (Å²) in [5, 5.41) is 0. The third-order valence-corrected chi connectivity index (χ3v) is 1.53. The Morgan fingerprint density at radius 2 is 2.23 bits per heavy atom. The molecule has 0 bridgehead atoms. The van der Waals surface area contributed by atoms with Gasteiger partial charge in [-0.1, -0.05) is 6.58 Å². The van der Waals surface area contributed by atoms with E-state index in [1.807, 2.05) is 14.0 Å².